The third-order valence-corrected chi connectivity index (χ3v) is 3.69. The molecule has 2 aliphatic rings. The minimum absolute atomic E-state index is 0.0998. The van der Waals surface area contributed by atoms with E-state index < -0.39 is 0 Å². The molecular formula is C13H16FN3O. The topological polar surface area (TPSA) is 53.2 Å². The zero-order valence-electron chi connectivity index (χ0n) is 10.0. The Kier molecular flexibility index (Phi) is 2.91. The van der Waals surface area contributed by atoms with Crippen molar-refractivity contribution in [2.45, 2.75) is 18.9 Å². The van der Waals surface area contributed by atoms with E-state index in [1.807, 2.05) is 0 Å². The highest BCUT2D eigenvalue weighted by atomic mass is 19.1. The largest absolute Gasteiger partial charge is 0.331 e. The molecule has 0 aliphatic carbocycles. The second kappa shape index (κ2) is 4.57. The second-order valence-corrected chi connectivity index (χ2v) is 4.91. The lowest BCUT2D eigenvalue weighted by Crippen LogP contribution is -2.45. The number of carbonyl (C=O) groups is 1. The molecule has 2 heterocycles. The van der Waals surface area contributed by atoms with Gasteiger partial charge in [0.15, 0.2) is 0 Å². The van der Waals surface area contributed by atoms with Gasteiger partial charge in [0.05, 0.1) is 6.04 Å². The molecule has 2 atom stereocenters. The number of carbonyl (C=O) groups excluding carboxylic acids is 1. The molecule has 18 heavy (non-hydrogen) atoms. The first-order valence-electron chi connectivity index (χ1n) is 6.32. The summed E-state index contributed by atoms with van der Waals surface area (Å²) in [6.45, 7) is 1.88. The van der Waals surface area contributed by atoms with Crippen molar-refractivity contribution in [1.82, 2.24) is 10.6 Å². The molecule has 4 nitrogen and oxygen atoms in total. The maximum Gasteiger partial charge on any atom is 0.319 e. The fraction of sp³-hybridized carbons (Fsp3) is 0.462. The van der Waals surface area contributed by atoms with Crippen molar-refractivity contribution in [1.29, 1.82) is 0 Å². The van der Waals surface area contributed by atoms with E-state index in [0.717, 1.165) is 37.2 Å². The van der Waals surface area contributed by atoms with Gasteiger partial charge in [0, 0.05) is 17.8 Å². The number of rotatable bonds is 1. The van der Waals surface area contributed by atoms with Crippen molar-refractivity contribution in [3.63, 3.8) is 0 Å². The lowest BCUT2D eigenvalue weighted by atomic mass is 9.85. The summed E-state index contributed by atoms with van der Waals surface area (Å²) in [6.07, 6.45) is 2.14. The van der Waals surface area contributed by atoms with E-state index in [-0.39, 0.29) is 17.9 Å². The number of anilines is 1. The zero-order valence-corrected chi connectivity index (χ0v) is 10.0. The average molecular weight is 249 g/mol. The van der Waals surface area contributed by atoms with Gasteiger partial charge >= 0.3 is 6.03 Å². The molecule has 1 aromatic carbocycles. The Morgan fingerprint density at radius 1 is 1.33 bits per heavy atom. The molecule has 2 unspecified atom stereocenters. The van der Waals surface area contributed by atoms with Crippen LogP contribution in [0.25, 0.3) is 0 Å². The van der Waals surface area contributed by atoms with Crippen LogP contribution in [-0.2, 0) is 0 Å². The summed E-state index contributed by atoms with van der Waals surface area (Å²) in [5, 5.41) is 8.96. The van der Waals surface area contributed by atoms with E-state index in [9.17, 15) is 9.18 Å². The summed E-state index contributed by atoms with van der Waals surface area (Å²) in [4.78, 5) is 11.6. The smallest absolute Gasteiger partial charge is 0.319 e. The number of hydrogen-bond acceptors (Lipinski definition) is 2. The number of nitrogens with one attached hydrogen (secondary N) is 3. The van der Waals surface area contributed by atoms with Gasteiger partial charge in [-0.25, -0.2) is 9.18 Å². The number of piperidine rings is 1. The molecule has 1 aromatic rings. The van der Waals surface area contributed by atoms with Crippen LogP contribution in [-0.4, -0.2) is 19.1 Å². The molecule has 2 aliphatic heterocycles. The Labute approximate surface area is 105 Å². The summed E-state index contributed by atoms with van der Waals surface area (Å²) in [6, 6.07) is 4.22. The molecule has 2 amide bonds. The maximum absolute atomic E-state index is 13.4. The summed E-state index contributed by atoms with van der Waals surface area (Å²) < 4.78 is 13.4. The third kappa shape index (κ3) is 2.06. The highest BCUT2D eigenvalue weighted by molar-refractivity contribution is 5.93. The van der Waals surface area contributed by atoms with Crippen molar-refractivity contribution in [3.8, 4) is 0 Å². The lowest BCUT2D eigenvalue weighted by Gasteiger charge is -2.35. The van der Waals surface area contributed by atoms with Gasteiger partial charge in [0.2, 0.25) is 0 Å². The minimum atomic E-state index is -0.263. The Morgan fingerprint density at radius 2 is 2.22 bits per heavy atom. The number of fused-ring (bicyclic) bond motifs is 1. The van der Waals surface area contributed by atoms with E-state index in [2.05, 4.69) is 16.0 Å². The molecule has 1 saturated heterocycles. The molecule has 96 valence electrons. The van der Waals surface area contributed by atoms with E-state index in [1.165, 1.54) is 12.1 Å². The summed E-state index contributed by atoms with van der Waals surface area (Å²) >= 11 is 0. The molecular weight excluding hydrogens is 233 g/mol. The van der Waals surface area contributed by atoms with Crippen LogP contribution in [0.5, 0.6) is 0 Å². The molecule has 5 heteroatoms. The maximum atomic E-state index is 13.4. The quantitative estimate of drug-likeness (QED) is 0.713. The van der Waals surface area contributed by atoms with Gasteiger partial charge in [-0.1, -0.05) is 0 Å². The zero-order chi connectivity index (χ0) is 12.5. The third-order valence-electron chi connectivity index (χ3n) is 3.69. The van der Waals surface area contributed by atoms with E-state index in [4.69, 9.17) is 0 Å². The van der Waals surface area contributed by atoms with Crippen LogP contribution in [0.15, 0.2) is 18.2 Å². The molecule has 3 rings (SSSR count). The Hall–Kier alpha value is -1.62. The predicted molar refractivity (Wildman–Crippen MR) is 66.9 cm³/mol. The first-order valence-corrected chi connectivity index (χ1v) is 6.32. The molecule has 0 saturated carbocycles. The van der Waals surface area contributed by atoms with Crippen LogP contribution in [0.2, 0.25) is 0 Å². The monoisotopic (exact) mass is 249 g/mol. The fourth-order valence-electron chi connectivity index (χ4n) is 2.82. The van der Waals surface area contributed by atoms with Crippen LogP contribution in [0.4, 0.5) is 14.9 Å². The summed E-state index contributed by atoms with van der Waals surface area (Å²) in [7, 11) is 0. The Bertz CT molecular complexity index is 471. The van der Waals surface area contributed by atoms with Crippen molar-refractivity contribution in [3.05, 3.63) is 29.6 Å². The summed E-state index contributed by atoms with van der Waals surface area (Å²) in [5.41, 5.74) is 1.57. The lowest BCUT2D eigenvalue weighted by molar-refractivity contribution is 0.233. The van der Waals surface area contributed by atoms with Gasteiger partial charge in [-0.2, -0.15) is 0 Å². The molecule has 0 aromatic heterocycles. The van der Waals surface area contributed by atoms with Crippen molar-refractivity contribution in [2.24, 2.45) is 5.92 Å². The fourth-order valence-corrected chi connectivity index (χ4v) is 2.82. The van der Waals surface area contributed by atoms with E-state index in [0.29, 0.717) is 5.92 Å². The van der Waals surface area contributed by atoms with Gasteiger partial charge in [-0.05, 0) is 43.5 Å². The number of urea groups is 1. The normalized spacial score (nSPS) is 27.1. The molecule has 0 spiro atoms. The summed E-state index contributed by atoms with van der Waals surface area (Å²) in [5.74, 6) is 0.0609. The standard InChI is InChI=1S/C13H16FN3O/c14-9-3-4-11-10(6-9)12(17-13(18)16-11)8-2-1-5-15-7-8/h3-4,6,8,12,15H,1-2,5,7H2,(H2,16,17,18). The van der Waals surface area contributed by atoms with Crippen LogP contribution < -0.4 is 16.0 Å². The molecule has 0 radical (unpaired) electrons. The van der Waals surface area contributed by atoms with Crippen LogP contribution in [0, 0.1) is 11.7 Å². The second-order valence-electron chi connectivity index (χ2n) is 4.91. The van der Waals surface area contributed by atoms with E-state index >= 15 is 0 Å². The van der Waals surface area contributed by atoms with Gasteiger partial charge in [-0.15, -0.1) is 0 Å². The average Bonchev–Trinajstić information content (AvgIpc) is 2.39. The highest BCUT2D eigenvalue weighted by Gasteiger charge is 2.31. The van der Waals surface area contributed by atoms with Crippen LogP contribution >= 0.6 is 0 Å². The first kappa shape index (κ1) is 11.5. The van der Waals surface area contributed by atoms with E-state index in [1.54, 1.807) is 6.07 Å². The number of halogens is 1. The minimum Gasteiger partial charge on any atom is -0.331 e. The predicted octanol–water partition coefficient (Wildman–Crippen LogP) is 2.00. The van der Waals surface area contributed by atoms with Gasteiger partial charge in [0.25, 0.3) is 0 Å². The van der Waals surface area contributed by atoms with Crippen molar-refractivity contribution >= 4 is 11.7 Å². The van der Waals surface area contributed by atoms with Crippen LogP contribution in [0.3, 0.4) is 0 Å². The molecule has 3 N–H and O–H groups in total. The highest BCUT2D eigenvalue weighted by Crippen LogP contribution is 2.34. The first-order chi connectivity index (χ1) is 8.74. The van der Waals surface area contributed by atoms with Gasteiger partial charge in [-0.3, -0.25) is 0 Å². The number of benzene rings is 1. The molecule has 1 fully saturated rings. The number of hydrogen-bond donors (Lipinski definition) is 3. The van der Waals surface area contributed by atoms with Gasteiger partial charge in [0.1, 0.15) is 5.82 Å². The van der Waals surface area contributed by atoms with Crippen molar-refractivity contribution in [2.75, 3.05) is 18.4 Å². The van der Waals surface area contributed by atoms with Crippen molar-refractivity contribution < 1.29 is 9.18 Å². The molecule has 0 bridgehead atoms. The Balaban J connectivity index is 1.94. The van der Waals surface area contributed by atoms with Crippen LogP contribution in [0.1, 0.15) is 24.4 Å². The SMILES string of the molecule is O=C1Nc2ccc(F)cc2C(C2CCCNC2)N1. The Morgan fingerprint density at radius 3 is 3.00 bits per heavy atom. The number of amides is 2. The van der Waals surface area contributed by atoms with Gasteiger partial charge < -0.3 is 16.0 Å².